The van der Waals surface area contributed by atoms with Crippen LogP contribution in [0.1, 0.15) is 0 Å². The summed E-state index contributed by atoms with van der Waals surface area (Å²) in [7, 11) is -14.0. The minimum Gasteiger partial charge on any atom is -0.303 e. The molecule has 23 heavy (non-hydrogen) atoms. The molecule has 0 atom stereocenters. The van der Waals surface area contributed by atoms with Crippen molar-refractivity contribution in [1.29, 1.82) is 0 Å². The molecule has 0 aromatic carbocycles. The first-order chi connectivity index (χ1) is 9.79. The summed E-state index contributed by atoms with van der Waals surface area (Å²) in [6.07, 6.45) is 0. The molecule has 0 bridgehead atoms. The van der Waals surface area contributed by atoms with Gasteiger partial charge in [-0.1, -0.05) is 0 Å². The average molecular weight is 412 g/mol. The summed E-state index contributed by atoms with van der Waals surface area (Å²) >= 11 is 0. The van der Waals surface area contributed by atoms with Crippen molar-refractivity contribution in [3.8, 4) is 0 Å². The van der Waals surface area contributed by atoms with E-state index in [0.29, 0.717) is 0 Å². The van der Waals surface area contributed by atoms with E-state index in [-0.39, 0.29) is 49.2 Å². The van der Waals surface area contributed by atoms with Crippen molar-refractivity contribution in [3.05, 3.63) is 0 Å². The Morgan fingerprint density at radius 1 is 0.609 bits per heavy atom. The maximum atomic E-state index is 10.5. The van der Waals surface area contributed by atoms with Crippen molar-refractivity contribution in [3.63, 3.8) is 0 Å². The molecule has 17 heteroatoms. The van der Waals surface area contributed by atoms with Gasteiger partial charge in [0.2, 0.25) is 0 Å². The third-order valence-electron chi connectivity index (χ3n) is 2.00. The van der Waals surface area contributed by atoms with E-state index in [2.05, 4.69) is 13.6 Å². The molecule has 134 valence electrons. The first-order valence-corrected chi connectivity index (χ1v) is 10.2. The Morgan fingerprint density at radius 2 is 0.826 bits per heavy atom. The smallest absolute Gasteiger partial charge is 0.303 e. The van der Waals surface area contributed by atoms with E-state index in [4.69, 9.17) is 29.4 Å². The number of phosphoric ester groups is 3. The standard InChI is InChI=1S/C6H18NO12P3.Na/c8-20(9,10)17-4-1-7(2-5-18-21(11,12)13)3-6-19-22(14,15)16;/h1-6H2,(H2,8,9,10)(H2,11,12,13)(H2,14,15,16);/q;+1. The molecule has 0 fully saturated rings. The van der Waals surface area contributed by atoms with Crippen LogP contribution >= 0.6 is 23.5 Å². The number of hydrogen-bond acceptors (Lipinski definition) is 7. The molecule has 0 amide bonds. The Morgan fingerprint density at radius 3 is 1.00 bits per heavy atom. The molecule has 6 N–H and O–H groups in total. The van der Waals surface area contributed by atoms with Crippen molar-refractivity contribution in [2.75, 3.05) is 39.5 Å². The Bertz CT molecular complexity index is 391. The summed E-state index contributed by atoms with van der Waals surface area (Å²) < 4.78 is 44.1. The number of rotatable bonds is 12. The predicted octanol–water partition coefficient (Wildman–Crippen LogP) is -4.38. The number of nitrogens with zero attached hydrogens (tertiary/aromatic N) is 1. The van der Waals surface area contributed by atoms with E-state index < -0.39 is 43.3 Å². The van der Waals surface area contributed by atoms with Gasteiger partial charge >= 0.3 is 53.0 Å². The Kier molecular flexibility index (Phi) is 13.6. The second kappa shape index (κ2) is 11.8. The van der Waals surface area contributed by atoms with Gasteiger partial charge in [0.05, 0.1) is 19.8 Å². The summed E-state index contributed by atoms with van der Waals surface area (Å²) in [6, 6.07) is 0. The van der Waals surface area contributed by atoms with Gasteiger partial charge in [0.1, 0.15) is 0 Å². The zero-order valence-corrected chi connectivity index (χ0v) is 16.8. The van der Waals surface area contributed by atoms with Crippen LogP contribution < -0.4 is 29.6 Å². The first-order valence-electron chi connectivity index (χ1n) is 5.61. The van der Waals surface area contributed by atoms with Gasteiger partial charge in [-0.05, 0) is 0 Å². The quantitative estimate of drug-likeness (QED) is 0.133. The van der Waals surface area contributed by atoms with Gasteiger partial charge in [-0.2, -0.15) is 0 Å². The Balaban J connectivity index is 0. The van der Waals surface area contributed by atoms with Crippen LogP contribution in [-0.2, 0) is 27.3 Å². The summed E-state index contributed by atoms with van der Waals surface area (Å²) in [5, 5.41) is 0. The molecule has 13 nitrogen and oxygen atoms in total. The van der Waals surface area contributed by atoms with Crippen molar-refractivity contribution in [1.82, 2.24) is 4.90 Å². The summed E-state index contributed by atoms with van der Waals surface area (Å²) in [5.41, 5.74) is 0. The van der Waals surface area contributed by atoms with Crippen molar-refractivity contribution < 1.29 is 86.2 Å². The molecule has 0 rings (SSSR count). The van der Waals surface area contributed by atoms with E-state index in [1.165, 1.54) is 4.90 Å². The van der Waals surface area contributed by atoms with Crippen molar-refractivity contribution in [2.24, 2.45) is 0 Å². The van der Waals surface area contributed by atoms with Crippen LogP contribution in [0.3, 0.4) is 0 Å². The van der Waals surface area contributed by atoms with E-state index in [1.807, 2.05) is 0 Å². The van der Waals surface area contributed by atoms with Crippen molar-refractivity contribution >= 4 is 23.5 Å². The van der Waals surface area contributed by atoms with Gasteiger partial charge in [0, 0.05) is 19.6 Å². The Hall–Kier alpha value is 1.29. The van der Waals surface area contributed by atoms with Crippen LogP contribution in [0.25, 0.3) is 0 Å². The van der Waals surface area contributed by atoms with E-state index in [9.17, 15) is 13.7 Å². The SMILES string of the molecule is O=P(O)(O)OCCN(CCOP(=O)(O)O)CCOP(=O)(O)O.[Na+]. The molecular weight excluding hydrogens is 394 g/mol. The molecule has 0 unspecified atom stereocenters. The zero-order valence-electron chi connectivity index (χ0n) is 12.2. The van der Waals surface area contributed by atoms with Crippen molar-refractivity contribution in [2.45, 2.75) is 0 Å². The molecule has 0 aliphatic carbocycles. The van der Waals surface area contributed by atoms with Gasteiger partial charge in [0.15, 0.2) is 0 Å². The normalized spacial score (nSPS) is 13.2. The van der Waals surface area contributed by atoms with E-state index in [1.54, 1.807) is 0 Å². The fourth-order valence-corrected chi connectivity index (χ4v) is 2.16. The molecule has 0 heterocycles. The molecule has 0 aliphatic heterocycles. The van der Waals surface area contributed by atoms with Crippen LogP contribution in [0.15, 0.2) is 0 Å². The Labute approximate surface area is 153 Å². The van der Waals surface area contributed by atoms with Crippen LogP contribution in [0.4, 0.5) is 0 Å². The second-order valence-electron chi connectivity index (χ2n) is 3.81. The average Bonchev–Trinajstić information content (AvgIpc) is 2.23. The largest absolute Gasteiger partial charge is 1.00 e. The first kappa shape index (κ1) is 26.5. The van der Waals surface area contributed by atoms with E-state index >= 15 is 0 Å². The van der Waals surface area contributed by atoms with Gasteiger partial charge in [-0.15, -0.1) is 0 Å². The molecule has 0 saturated heterocycles. The molecule has 0 aromatic rings. The summed E-state index contributed by atoms with van der Waals surface area (Å²) in [5.74, 6) is 0. The van der Waals surface area contributed by atoms with Crippen LogP contribution in [-0.4, -0.2) is 73.7 Å². The third kappa shape index (κ3) is 21.2. The van der Waals surface area contributed by atoms with E-state index in [0.717, 1.165) is 0 Å². The van der Waals surface area contributed by atoms with Crippen LogP contribution in [0.5, 0.6) is 0 Å². The molecule has 0 spiro atoms. The number of phosphoric acid groups is 3. The fraction of sp³-hybridized carbons (Fsp3) is 1.00. The summed E-state index contributed by atoms with van der Waals surface area (Å²) in [6.45, 7) is -1.55. The summed E-state index contributed by atoms with van der Waals surface area (Å²) in [4.78, 5) is 52.4. The maximum absolute atomic E-state index is 10.5. The predicted molar refractivity (Wildman–Crippen MR) is 70.4 cm³/mol. The van der Waals surface area contributed by atoms with Gasteiger partial charge < -0.3 is 29.4 Å². The molecule has 0 aromatic heterocycles. The molecule has 0 saturated carbocycles. The minimum absolute atomic E-state index is 0. The zero-order chi connectivity index (χ0) is 17.4. The maximum Gasteiger partial charge on any atom is 1.00 e. The third-order valence-corrected chi connectivity index (χ3v) is 3.56. The topological polar surface area (TPSA) is 204 Å². The van der Waals surface area contributed by atoms with Gasteiger partial charge in [0.25, 0.3) is 0 Å². The monoisotopic (exact) mass is 412 g/mol. The number of hydrogen-bond donors (Lipinski definition) is 6. The van der Waals surface area contributed by atoms with Gasteiger partial charge in [-0.3, -0.25) is 18.5 Å². The van der Waals surface area contributed by atoms with Gasteiger partial charge in [-0.25, -0.2) is 13.7 Å². The molecule has 0 radical (unpaired) electrons. The molecule has 0 aliphatic rings. The minimum atomic E-state index is -4.67. The molecular formula is C6H18NNaO12P3+. The fourth-order valence-electron chi connectivity index (χ4n) is 1.20. The second-order valence-corrected chi connectivity index (χ2v) is 7.53. The van der Waals surface area contributed by atoms with Crippen LogP contribution in [0, 0.1) is 0 Å². The van der Waals surface area contributed by atoms with Crippen LogP contribution in [0.2, 0.25) is 0 Å².